The van der Waals surface area contributed by atoms with Crippen LogP contribution in [-0.2, 0) is 9.59 Å². The molecule has 1 rings (SSSR count). The minimum absolute atomic E-state index is 0.532. The quantitative estimate of drug-likeness (QED) is 0.714. The van der Waals surface area contributed by atoms with Crippen LogP contribution in [0.4, 0.5) is 16.2 Å². The van der Waals surface area contributed by atoms with Crippen molar-refractivity contribution in [1.29, 1.82) is 0 Å². The number of rotatable bonds is 4. The van der Waals surface area contributed by atoms with Crippen LogP contribution in [0.3, 0.4) is 0 Å². The predicted molar refractivity (Wildman–Crippen MR) is 74.7 cm³/mol. The van der Waals surface area contributed by atoms with E-state index in [-0.39, 0.29) is 0 Å². The maximum Gasteiger partial charge on any atom is 0.328 e. The van der Waals surface area contributed by atoms with Gasteiger partial charge in [0.1, 0.15) is 0 Å². The maximum atomic E-state index is 11.6. The van der Waals surface area contributed by atoms with E-state index in [4.69, 9.17) is 5.11 Å². The molecule has 0 aromatic heterocycles. The van der Waals surface area contributed by atoms with E-state index in [0.29, 0.717) is 11.8 Å². The van der Waals surface area contributed by atoms with Gasteiger partial charge in [0.05, 0.1) is 11.4 Å². The van der Waals surface area contributed by atoms with Crippen molar-refractivity contribution in [2.75, 3.05) is 24.3 Å². The number of imide groups is 1. The van der Waals surface area contributed by atoms with E-state index in [9.17, 15) is 14.4 Å². The van der Waals surface area contributed by atoms with Gasteiger partial charge in [0.25, 0.3) is 5.91 Å². The van der Waals surface area contributed by atoms with Crippen LogP contribution < -0.4 is 15.5 Å². The smallest absolute Gasteiger partial charge is 0.328 e. The molecule has 0 aliphatic carbocycles. The minimum atomic E-state index is -1.27. The van der Waals surface area contributed by atoms with Gasteiger partial charge in [-0.3, -0.25) is 10.1 Å². The van der Waals surface area contributed by atoms with Crippen LogP contribution in [0.2, 0.25) is 0 Å². The van der Waals surface area contributed by atoms with Crippen LogP contribution >= 0.6 is 0 Å². The molecule has 106 valence electrons. The van der Waals surface area contributed by atoms with Gasteiger partial charge in [-0.05, 0) is 12.1 Å². The molecule has 3 amide bonds. The summed E-state index contributed by atoms with van der Waals surface area (Å²) in [5.74, 6) is -2.08. The van der Waals surface area contributed by atoms with Crippen molar-refractivity contribution in [2.24, 2.45) is 0 Å². The highest BCUT2D eigenvalue weighted by molar-refractivity contribution is 6.07. The van der Waals surface area contributed by atoms with E-state index >= 15 is 0 Å². The molecule has 0 fully saturated rings. The summed E-state index contributed by atoms with van der Waals surface area (Å²) in [4.78, 5) is 34.9. The van der Waals surface area contributed by atoms with Crippen LogP contribution in [0, 0.1) is 0 Å². The molecule has 7 heteroatoms. The Labute approximate surface area is 115 Å². The number of carbonyl (C=O) groups is 3. The van der Waals surface area contributed by atoms with Gasteiger partial charge in [0, 0.05) is 26.2 Å². The number of nitrogens with one attached hydrogen (secondary N) is 2. The summed E-state index contributed by atoms with van der Waals surface area (Å²) >= 11 is 0. The van der Waals surface area contributed by atoms with Gasteiger partial charge in [0.15, 0.2) is 0 Å². The standard InChI is InChI=1S/C13H15N3O4/c1-16(2)10-6-4-3-5-9(10)14-13(20)15-11(17)7-8-12(18)19/h3-8H,1-2H3,(H,18,19)(H2,14,15,17,20)/b8-7+. The second kappa shape index (κ2) is 6.93. The Bertz CT molecular complexity index is 552. The Morgan fingerprint density at radius 3 is 2.40 bits per heavy atom. The number of urea groups is 1. The average Bonchev–Trinajstić information content (AvgIpc) is 2.36. The van der Waals surface area contributed by atoms with Gasteiger partial charge in [-0.15, -0.1) is 0 Å². The fourth-order valence-corrected chi connectivity index (χ4v) is 1.42. The summed E-state index contributed by atoms with van der Waals surface area (Å²) in [6, 6.07) is 6.32. The lowest BCUT2D eigenvalue weighted by Gasteiger charge is -2.17. The van der Waals surface area contributed by atoms with E-state index in [0.717, 1.165) is 11.8 Å². The fourth-order valence-electron chi connectivity index (χ4n) is 1.42. The lowest BCUT2D eigenvalue weighted by Crippen LogP contribution is -2.33. The van der Waals surface area contributed by atoms with Crippen molar-refractivity contribution >= 4 is 29.3 Å². The molecule has 3 N–H and O–H groups in total. The number of carboxylic acid groups (broad SMARTS) is 1. The first-order chi connectivity index (χ1) is 9.40. The second-order valence-corrected chi connectivity index (χ2v) is 4.03. The van der Waals surface area contributed by atoms with Gasteiger partial charge in [0.2, 0.25) is 0 Å². The van der Waals surface area contributed by atoms with Crippen LogP contribution in [-0.4, -0.2) is 37.1 Å². The zero-order valence-electron chi connectivity index (χ0n) is 11.1. The van der Waals surface area contributed by atoms with Gasteiger partial charge >= 0.3 is 12.0 Å². The highest BCUT2D eigenvalue weighted by Gasteiger charge is 2.09. The zero-order valence-corrected chi connectivity index (χ0v) is 11.1. The third kappa shape index (κ3) is 4.81. The molecule has 0 heterocycles. The van der Waals surface area contributed by atoms with E-state index < -0.39 is 17.9 Å². The molecular formula is C13H15N3O4. The molecule has 0 radical (unpaired) electrons. The zero-order chi connectivity index (χ0) is 15.1. The lowest BCUT2D eigenvalue weighted by molar-refractivity contribution is -0.131. The molecule has 1 aromatic carbocycles. The number of hydrogen-bond acceptors (Lipinski definition) is 4. The molecule has 0 saturated carbocycles. The summed E-state index contributed by atoms with van der Waals surface area (Å²) in [5, 5.41) is 12.9. The molecule has 0 atom stereocenters. The van der Waals surface area contributed by atoms with Crippen molar-refractivity contribution < 1.29 is 19.5 Å². The van der Waals surface area contributed by atoms with Crippen molar-refractivity contribution in [3.63, 3.8) is 0 Å². The fraction of sp³-hybridized carbons (Fsp3) is 0.154. The Hall–Kier alpha value is -2.83. The Kier molecular flexibility index (Phi) is 5.28. The van der Waals surface area contributed by atoms with Crippen LogP contribution in [0.25, 0.3) is 0 Å². The van der Waals surface area contributed by atoms with Gasteiger partial charge in [-0.25, -0.2) is 9.59 Å². The summed E-state index contributed by atoms with van der Waals surface area (Å²) in [6.45, 7) is 0. The lowest BCUT2D eigenvalue weighted by atomic mass is 10.2. The summed E-state index contributed by atoms with van der Waals surface area (Å²) in [7, 11) is 3.64. The Morgan fingerprint density at radius 2 is 1.80 bits per heavy atom. The summed E-state index contributed by atoms with van der Waals surface area (Å²) in [6.07, 6.45) is 1.41. The number of nitrogens with zero attached hydrogens (tertiary/aromatic N) is 1. The third-order valence-electron chi connectivity index (χ3n) is 2.25. The van der Waals surface area contributed by atoms with Crippen molar-refractivity contribution in [1.82, 2.24) is 5.32 Å². The van der Waals surface area contributed by atoms with Crippen LogP contribution in [0.15, 0.2) is 36.4 Å². The summed E-state index contributed by atoms with van der Waals surface area (Å²) < 4.78 is 0. The van der Waals surface area contributed by atoms with E-state index in [1.54, 1.807) is 12.1 Å². The largest absolute Gasteiger partial charge is 0.478 e. The predicted octanol–water partition coefficient (Wildman–Crippen LogP) is 1.04. The van der Waals surface area contributed by atoms with Gasteiger partial charge in [-0.2, -0.15) is 0 Å². The molecule has 1 aromatic rings. The monoisotopic (exact) mass is 277 g/mol. The van der Waals surface area contributed by atoms with Crippen LogP contribution in [0.5, 0.6) is 0 Å². The third-order valence-corrected chi connectivity index (χ3v) is 2.25. The Morgan fingerprint density at radius 1 is 1.15 bits per heavy atom. The average molecular weight is 277 g/mol. The maximum absolute atomic E-state index is 11.6. The molecule has 0 spiro atoms. The summed E-state index contributed by atoms with van der Waals surface area (Å²) in [5.41, 5.74) is 1.31. The van der Waals surface area contributed by atoms with Crippen LogP contribution in [0.1, 0.15) is 0 Å². The van der Waals surface area contributed by atoms with Gasteiger partial charge in [-0.1, -0.05) is 12.1 Å². The van der Waals surface area contributed by atoms with Crippen molar-refractivity contribution in [2.45, 2.75) is 0 Å². The molecule has 0 unspecified atom stereocenters. The molecule has 0 aliphatic heterocycles. The molecular weight excluding hydrogens is 262 g/mol. The van der Waals surface area contributed by atoms with E-state index in [1.807, 2.05) is 36.4 Å². The first kappa shape index (κ1) is 15.2. The normalized spacial score (nSPS) is 10.1. The number of amides is 3. The van der Waals surface area contributed by atoms with E-state index in [1.165, 1.54) is 0 Å². The first-order valence-electron chi connectivity index (χ1n) is 5.69. The number of carboxylic acids is 1. The molecule has 7 nitrogen and oxygen atoms in total. The van der Waals surface area contributed by atoms with E-state index in [2.05, 4.69) is 5.32 Å². The van der Waals surface area contributed by atoms with Crippen molar-refractivity contribution in [3.8, 4) is 0 Å². The second-order valence-electron chi connectivity index (χ2n) is 4.03. The number of benzene rings is 1. The SMILES string of the molecule is CN(C)c1ccccc1NC(=O)NC(=O)/C=C/C(=O)O. The molecule has 0 saturated heterocycles. The number of aliphatic carboxylic acids is 1. The topological polar surface area (TPSA) is 98.7 Å². The highest BCUT2D eigenvalue weighted by Crippen LogP contribution is 2.23. The highest BCUT2D eigenvalue weighted by atomic mass is 16.4. The molecule has 0 bridgehead atoms. The Balaban J connectivity index is 2.68. The minimum Gasteiger partial charge on any atom is -0.478 e. The molecule has 0 aliphatic rings. The number of para-hydroxylation sites is 2. The van der Waals surface area contributed by atoms with Gasteiger partial charge < -0.3 is 15.3 Å². The number of hydrogen-bond donors (Lipinski definition) is 3. The number of carbonyl (C=O) groups excluding carboxylic acids is 2. The first-order valence-corrected chi connectivity index (χ1v) is 5.69. The number of anilines is 2. The van der Waals surface area contributed by atoms with Crippen molar-refractivity contribution in [3.05, 3.63) is 36.4 Å². The molecule has 20 heavy (non-hydrogen) atoms.